The third-order valence-electron chi connectivity index (χ3n) is 0.882. The Bertz CT molecular complexity index is 63.5. The number of aliphatic hydroxyl groups is 1. The van der Waals surface area contributed by atoms with Gasteiger partial charge in [-0.1, -0.05) is 28.7 Å². The van der Waals surface area contributed by atoms with E-state index in [0.29, 0.717) is 3.92 Å². The maximum absolute atomic E-state index is 8.52. The minimum atomic E-state index is 0.286. The van der Waals surface area contributed by atoms with Gasteiger partial charge < -0.3 is 5.11 Å². The van der Waals surface area contributed by atoms with Gasteiger partial charge in [0.25, 0.3) is 0 Å². The van der Waals surface area contributed by atoms with Gasteiger partial charge in [0.15, 0.2) is 0 Å². The van der Waals surface area contributed by atoms with Crippen LogP contribution in [0.5, 0.6) is 0 Å². The fourth-order valence-corrected chi connectivity index (χ4v) is 0.750. The van der Waals surface area contributed by atoms with Gasteiger partial charge in [-0.05, 0) is 12.8 Å². The summed E-state index contributed by atoms with van der Waals surface area (Å²) in [5.74, 6) is 0. The highest BCUT2D eigenvalue weighted by Gasteiger charge is 1.97. The second-order valence-electron chi connectivity index (χ2n) is 1.65. The van der Waals surface area contributed by atoms with Gasteiger partial charge in [0.05, 0.1) is 6.61 Å². The highest BCUT2D eigenvalue weighted by Crippen LogP contribution is 2.06. The number of alkyl halides is 1. The topological polar surface area (TPSA) is 20.2 Å². The summed E-state index contributed by atoms with van der Waals surface area (Å²) in [5.41, 5.74) is 0. The average molecular weight is 226 g/mol. The van der Waals surface area contributed by atoms with Crippen LogP contribution < -0.4 is 0 Å². The number of halogens is 1. The largest absolute Gasteiger partial charge is 0.395 e. The van der Waals surface area contributed by atoms with Crippen LogP contribution in [0.4, 0.5) is 0 Å². The van der Waals surface area contributed by atoms with Gasteiger partial charge in [0.1, 0.15) is 0 Å². The molecule has 0 aromatic carbocycles. The molecule has 0 aromatic rings. The van der Waals surface area contributed by atoms with E-state index in [9.17, 15) is 0 Å². The summed E-state index contributed by atoms with van der Waals surface area (Å²) >= 11 is 2.23. The van der Waals surface area contributed by atoms with Gasteiger partial charge >= 0.3 is 0 Å². The van der Waals surface area contributed by atoms with Crippen molar-refractivity contribution in [3.63, 3.8) is 0 Å². The van der Waals surface area contributed by atoms with Crippen molar-refractivity contribution in [2.24, 2.45) is 0 Å². The van der Waals surface area contributed by atoms with Gasteiger partial charge in [-0.3, -0.25) is 0 Å². The van der Waals surface area contributed by atoms with E-state index in [2.05, 4.69) is 29.2 Å². The van der Waals surface area contributed by atoms with E-state index in [0.717, 1.165) is 12.8 Å². The molecule has 1 nitrogen and oxygen atoms in total. The number of hydrogen-bond acceptors (Lipinski definition) is 1. The van der Waals surface area contributed by atoms with Gasteiger partial charge in [0, 0.05) is 3.92 Å². The predicted octanol–water partition coefficient (Wildman–Crippen LogP) is 1.75. The zero-order valence-electron chi connectivity index (χ0n) is 4.81. The number of allylic oxidation sites excluding steroid dienone is 1. The first kappa shape index (κ1) is 8.43. The Balaban J connectivity index is 2.97. The van der Waals surface area contributed by atoms with E-state index >= 15 is 0 Å². The Kier molecular flexibility index (Phi) is 5.86. The van der Waals surface area contributed by atoms with Gasteiger partial charge in [-0.2, -0.15) is 0 Å². The van der Waals surface area contributed by atoms with Crippen molar-refractivity contribution >= 4 is 22.6 Å². The van der Waals surface area contributed by atoms with E-state index in [1.54, 1.807) is 0 Å². The summed E-state index contributed by atoms with van der Waals surface area (Å²) in [7, 11) is 0. The molecule has 1 N–H and O–H groups in total. The van der Waals surface area contributed by atoms with Crippen LogP contribution in [0.3, 0.4) is 0 Å². The summed E-state index contributed by atoms with van der Waals surface area (Å²) < 4.78 is 0.408. The van der Waals surface area contributed by atoms with Gasteiger partial charge in [0.2, 0.25) is 0 Å². The van der Waals surface area contributed by atoms with Crippen molar-refractivity contribution in [3.05, 3.63) is 12.7 Å². The van der Waals surface area contributed by atoms with Crippen LogP contribution in [0.25, 0.3) is 0 Å². The minimum Gasteiger partial charge on any atom is -0.395 e. The normalized spacial score (nSPS) is 13.2. The van der Waals surface area contributed by atoms with Crippen LogP contribution in [0.1, 0.15) is 12.8 Å². The van der Waals surface area contributed by atoms with Crippen molar-refractivity contribution < 1.29 is 5.11 Å². The van der Waals surface area contributed by atoms with Crippen LogP contribution in [0.15, 0.2) is 12.7 Å². The smallest absolute Gasteiger partial charge is 0.0549 e. The molecule has 48 valence electrons. The summed E-state index contributed by atoms with van der Waals surface area (Å²) in [6, 6.07) is 0. The first-order chi connectivity index (χ1) is 3.81. The lowest BCUT2D eigenvalue weighted by Crippen LogP contribution is -2.01. The minimum absolute atomic E-state index is 0.286. The first-order valence-corrected chi connectivity index (χ1v) is 3.91. The molecule has 0 aliphatic heterocycles. The molecule has 0 aliphatic carbocycles. The third-order valence-corrected chi connectivity index (χ3v) is 1.90. The van der Waals surface area contributed by atoms with Crippen molar-refractivity contribution in [2.45, 2.75) is 16.8 Å². The average Bonchev–Trinajstić information content (AvgIpc) is 1.83. The second kappa shape index (κ2) is 5.56. The van der Waals surface area contributed by atoms with E-state index in [1.807, 2.05) is 6.08 Å². The Morgan fingerprint density at radius 3 is 2.75 bits per heavy atom. The van der Waals surface area contributed by atoms with Crippen molar-refractivity contribution in [1.29, 1.82) is 0 Å². The molecule has 2 heteroatoms. The fraction of sp³-hybridized carbons (Fsp3) is 0.667. The predicted molar refractivity (Wildman–Crippen MR) is 44.3 cm³/mol. The molecule has 8 heavy (non-hydrogen) atoms. The molecule has 0 heterocycles. The van der Waals surface area contributed by atoms with E-state index in [1.165, 1.54) is 0 Å². The van der Waals surface area contributed by atoms with Crippen LogP contribution in [0.2, 0.25) is 0 Å². The molecule has 0 radical (unpaired) electrons. The standard InChI is InChI=1S/C6H11IO/c1-2-3-4-6(7)5-8/h2,6,8H,1,3-5H2. The first-order valence-electron chi connectivity index (χ1n) is 2.67. The SMILES string of the molecule is C=CCCC(I)CO. The molecule has 0 aliphatic rings. The summed E-state index contributed by atoms with van der Waals surface area (Å²) in [6.45, 7) is 3.87. The molecule has 0 aromatic heterocycles. The Labute approximate surface area is 63.9 Å². The van der Waals surface area contributed by atoms with Gasteiger partial charge in [-0.15, -0.1) is 6.58 Å². The van der Waals surface area contributed by atoms with Crippen LogP contribution >= 0.6 is 22.6 Å². The molecular weight excluding hydrogens is 215 g/mol. The lowest BCUT2D eigenvalue weighted by molar-refractivity contribution is 0.296. The van der Waals surface area contributed by atoms with Gasteiger partial charge in [-0.25, -0.2) is 0 Å². The summed E-state index contributed by atoms with van der Waals surface area (Å²) in [5, 5.41) is 8.52. The second-order valence-corrected chi connectivity index (χ2v) is 3.41. The lowest BCUT2D eigenvalue weighted by Gasteiger charge is -2.00. The summed E-state index contributed by atoms with van der Waals surface area (Å²) in [4.78, 5) is 0. The highest BCUT2D eigenvalue weighted by molar-refractivity contribution is 14.1. The number of hydrogen-bond donors (Lipinski definition) is 1. The number of rotatable bonds is 4. The fourth-order valence-electron chi connectivity index (χ4n) is 0.390. The van der Waals surface area contributed by atoms with Crippen molar-refractivity contribution in [1.82, 2.24) is 0 Å². The van der Waals surface area contributed by atoms with E-state index in [-0.39, 0.29) is 6.61 Å². The van der Waals surface area contributed by atoms with E-state index < -0.39 is 0 Å². The molecule has 0 rings (SSSR count). The lowest BCUT2D eigenvalue weighted by atomic mass is 10.2. The maximum atomic E-state index is 8.52. The Hall–Kier alpha value is 0.430. The molecule has 0 amide bonds. The zero-order valence-corrected chi connectivity index (χ0v) is 6.97. The van der Waals surface area contributed by atoms with E-state index in [4.69, 9.17) is 5.11 Å². The maximum Gasteiger partial charge on any atom is 0.0549 e. The quantitative estimate of drug-likeness (QED) is 0.440. The zero-order chi connectivity index (χ0) is 6.41. The molecule has 1 atom stereocenters. The molecule has 0 fully saturated rings. The molecule has 0 spiro atoms. The van der Waals surface area contributed by atoms with Crippen LogP contribution in [-0.4, -0.2) is 15.6 Å². The number of aliphatic hydroxyl groups excluding tert-OH is 1. The highest BCUT2D eigenvalue weighted by atomic mass is 127. The summed E-state index contributed by atoms with van der Waals surface area (Å²) in [6.07, 6.45) is 3.93. The Morgan fingerprint density at radius 1 is 1.75 bits per heavy atom. The van der Waals surface area contributed by atoms with Crippen LogP contribution in [0, 0.1) is 0 Å². The van der Waals surface area contributed by atoms with Crippen molar-refractivity contribution in [2.75, 3.05) is 6.61 Å². The molecule has 0 saturated carbocycles. The van der Waals surface area contributed by atoms with Crippen LogP contribution in [-0.2, 0) is 0 Å². The molecule has 1 unspecified atom stereocenters. The third kappa shape index (κ3) is 4.59. The Morgan fingerprint density at radius 2 is 2.38 bits per heavy atom. The molecule has 0 bridgehead atoms. The van der Waals surface area contributed by atoms with Crippen molar-refractivity contribution in [3.8, 4) is 0 Å². The monoisotopic (exact) mass is 226 g/mol. The molecular formula is C6H11IO. The molecule has 0 saturated heterocycles.